The van der Waals surface area contributed by atoms with Gasteiger partial charge in [-0.05, 0) is 43.7 Å². The van der Waals surface area contributed by atoms with Crippen LogP contribution in [-0.2, 0) is 6.54 Å². The maximum absolute atomic E-state index is 5.40. The van der Waals surface area contributed by atoms with E-state index in [0.29, 0.717) is 11.5 Å². The molecule has 1 aromatic heterocycles. The minimum atomic E-state index is 0.427. The van der Waals surface area contributed by atoms with Gasteiger partial charge in [0.15, 0.2) is 0 Å². The van der Waals surface area contributed by atoms with Crippen LogP contribution in [0.4, 0.5) is 0 Å². The molecule has 16 heavy (non-hydrogen) atoms. The Labute approximate surface area is 99.4 Å². The molecule has 0 saturated carbocycles. The highest BCUT2D eigenvalue weighted by Gasteiger charge is 2.12. The summed E-state index contributed by atoms with van der Waals surface area (Å²) in [5, 5.41) is 3.50. The molecule has 0 aliphatic rings. The molecule has 1 unspecified atom stereocenters. The summed E-state index contributed by atoms with van der Waals surface area (Å²) >= 11 is 0. The number of furan rings is 1. The Morgan fingerprint density at radius 2 is 2.06 bits per heavy atom. The van der Waals surface area contributed by atoms with Crippen LogP contribution in [0.25, 0.3) is 0 Å². The Kier molecular flexibility index (Phi) is 4.60. The standard InChI is InChI=1S/C14H25NO/c1-11-7-9-16-13(11)10-15-12(2)6-8-14(3,4)5/h7,9,12,15H,6,8,10H2,1-5H3. The number of rotatable bonds is 5. The van der Waals surface area contributed by atoms with Gasteiger partial charge < -0.3 is 9.73 Å². The van der Waals surface area contributed by atoms with E-state index in [1.54, 1.807) is 6.26 Å². The smallest absolute Gasteiger partial charge is 0.120 e. The normalized spacial score (nSPS) is 14.1. The van der Waals surface area contributed by atoms with E-state index in [1.807, 2.05) is 6.07 Å². The first-order valence-electron chi connectivity index (χ1n) is 6.15. The van der Waals surface area contributed by atoms with E-state index in [4.69, 9.17) is 4.42 Å². The molecule has 1 atom stereocenters. The van der Waals surface area contributed by atoms with Crippen LogP contribution in [0.5, 0.6) is 0 Å². The van der Waals surface area contributed by atoms with Crippen molar-refractivity contribution < 1.29 is 4.42 Å². The SMILES string of the molecule is Cc1ccoc1CNC(C)CCC(C)(C)C. The Balaban J connectivity index is 2.25. The van der Waals surface area contributed by atoms with Crippen LogP contribution in [0.3, 0.4) is 0 Å². The van der Waals surface area contributed by atoms with Crippen LogP contribution in [0.15, 0.2) is 16.7 Å². The van der Waals surface area contributed by atoms with Crippen LogP contribution < -0.4 is 5.32 Å². The lowest BCUT2D eigenvalue weighted by Crippen LogP contribution is -2.26. The third kappa shape index (κ3) is 4.84. The van der Waals surface area contributed by atoms with Gasteiger partial charge >= 0.3 is 0 Å². The zero-order chi connectivity index (χ0) is 12.2. The van der Waals surface area contributed by atoms with Gasteiger partial charge in [-0.25, -0.2) is 0 Å². The van der Waals surface area contributed by atoms with Gasteiger partial charge in [0.2, 0.25) is 0 Å². The summed E-state index contributed by atoms with van der Waals surface area (Å²) in [5.41, 5.74) is 1.66. The van der Waals surface area contributed by atoms with E-state index >= 15 is 0 Å². The largest absolute Gasteiger partial charge is 0.468 e. The minimum Gasteiger partial charge on any atom is -0.468 e. The second-order valence-electron chi connectivity index (χ2n) is 5.91. The van der Waals surface area contributed by atoms with Crippen molar-refractivity contribution in [3.63, 3.8) is 0 Å². The van der Waals surface area contributed by atoms with Crippen molar-refractivity contribution in [3.8, 4) is 0 Å². The topological polar surface area (TPSA) is 25.2 Å². The first-order chi connectivity index (χ1) is 7.38. The zero-order valence-corrected chi connectivity index (χ0v) is 11.3. The van der Waals surface area contributed by atoms with Crippen LogP contribution in [0, 0.1) is 12.3 Å². The van der Waals surface area contributed by atoms with Crippen molar-refractivity contribution in [2.24, 2.45) is 5.41 Å². The van der Waals surface area contributed by atoms with Crippen molar-refractivity contribution in [1.82, 2.24) is 5.32 Å². The minimum absolute atomic E-state index is 0.427. The monoisotopic (exact) mass is 223 g/mol. The summed E-state index contributed by atoms with van der Waals surface area (Å²) in [6.45, 7) is 12.0. The zero-order valence-electron chi connectivity index (χ0n) is 11.3. The van der Waals surface area contributed by atoms with Gasteiger partial charge in [0.1, 0.15) is 5.76 Å². The summed E-state index contributed by atoms with van der Waals surface area (Å²) in [6, 6.07) is 2.56. The fourth-order valence-corrected chi connectivity index (χ4v) is 1.60. The molecule has 1 aromatic rings. The average molecular weight is 223 g/mol. The molecular weight excluding hydrogens is 198 g/mol. The fourth-order valence-electron chi connectivity index (χ4n) is 1.60. The van der Waals surface area contributed by atoms with E-state index in [0.717, 1.165) is 12.3 Å². The summed E-state index contributed by atoms with van der Waals surface area (Å²) in [4.78, 5) is 0. The van der Waals surface area contributed by atoms with E-state index in [9.17, 15) is 0 Å². The van der Waals surface area contributed by atoms with E-state index in [2.05, 4.69) is 39.9 Å². The van der Waals surface area contributed by atoms with Crippen LogP contribution in [0.2, 0.25) is 0 Å². The van der Waals surface area contributed by atoms with Crippen molar-refractivity contribution >= 4 is 0 Å². The maximum atomic E-state index is 5.40. The van der Waals surface area contributed by atoms with E-state index in [-0.39, 0.29) is 0 Å². The quantitative estimate of drug-likeness (QED) is 0.819. The molecule has 1 N–H and O–H groups in total. The summed E-state index contributed by atoms with van der Waals surface area (Å²) in [7, 11) is 0. The highest BCUT2D eigenvalue weighted by atomic mass is 16.3. The highest BCUT2D eigenvalue weighted by Crippen LogP contribution is 2.21. The van der Waals surface area contributed by atoms with Gasteiger partial charge in [-0.2, -0.15) is 0 Å². The highest BCUT2D eigenvalue weighted by molar-refractivity contribution is 5.14. The number of nitrogens with one attached hydrogen (secondary N) is 1. The summed E-state index contributed by atoms with van der Waals surface area (Å²) < 4.78 is 5.40. The Hall–Kier alpha value is -0.760. The molecule has 0 saturated heterocycles. The van der Waals surface area contributed by atoms with Crippen LogP contribution in [0.1, 0.15) is 51.9 Å². The first-order valence-corrected chi connectivity index (χ1v) is 6.15. The fraction of sp³-hybridized carbons (Fsp3) is 0.714. The Morgan fingerprint density at radius 3 is 2.56 bits per heavy atom. The lowest BCUT2D eigenvalue weighted by Gasteiger charge is -2.21. The predicted octanol–water partition coefficient (Wildman–Crippen LogP) is 3.89. The molecule has 92 valence electrons. The van der Waals surface area contributed by atoms with Crippen LogP contribution >= 0.6 is 0 Å². The van der Waals surface area contributed by atoms with Crippen LogP contribution in [-0.4, -0.2) is 6.04 Å². The van der Waals surface area contributed by atoms with E-state index < -0.39 is 0 Å². The molecule has 0 fully saturated rings. The summed E-state index contributed by atoms with van der Waals surface area (Å²) in [6.07, 6.45) is 4.22. The molecule has 2 nitrogen and oxygen atoms in total. The Bertz CT molecular complexity index is 309. The second-order valence-corrected chi connectivity index (χ2v) is 5.91. The van der Waals surface area contributed by atoms with Crippen molar-refractivity contribution in [2.45, 2.75) is 60.0 Å². The molecule has 0 radical (unpaired) electrons. The first kappa shape index (κ1) is 13.3. The third-order valence-electron chi connectivity index (χ3n) is 2.91. The molecule has 0 spiro atoms. The molecule has 1 rings (SSSR count). The number of hydrogen-bond acceptors (Lipinski definition) is 2. The van der Waals surface area contributed by atoms with Gasteiger partial charge in [-0.15, -0.1) is 0 Å². The van der Waals surface area contributed by atoms with Gasteiger partial charge in [0.05, 0.1) is 12.8 Å². The molecule has 1 heterocycles. The van der Waals surface area contributed by atoms with Gasteiger partial charge in [-0.3, -0.25) is 0 Å². The van der Waals surface area contributed by atoms with Gasteiger partial charge in [0, 0.05) is 6.04 Å². The summed E-state index contributed by atoms with van der Waals surface area (Å²) in [5.74, 6) is 1.06. The molecule has 0 aliphatic carbocycles. The van der Waals surface area contributed by atoms with Gasteiger partial charge in [0.25, 0.3) is 0 Å². The van der Waals surface area contributed by atoms with Crippen molar-refractivity contribution in [2.75, 3.05) is 0 Å². The molecule has 0 aromatic carbocycles. The molecule has 0 amide bonds. The Morgan fingerprint density at radius 1 is 1.38 bits per heavy atom. The molecule has 0 bridgehead atoms. The molecular formula is C14H25NO. The third-order valence-corrected chi connectivity index (χ3v) is 2.91. The maximum Gasteiger partial charge on any atom is 0.120 e. The molecule has 2 heteroatoms. The van der Waals surface area contributed by atoms with Crippen molar-refractivity contribution in [3.05, 3.63) is 23.7 Å². The van der Waals surface area contributed by atoms with Gasteiger partial charge in [-0.1, -0.05) is 20.8 Å². The predicted molar refractivity (Wildman–Crippen MR) is 68.4 cm³/mol. The lowest BCUT2D eigenvalue weighted by atomic mass is 9.89. The lowest BCUT2D eigenvalue weighted by molar-refractivity contribution is 0.332. The number of aryl methyl sites for hydroxylation is 1. The second kappa shape index (κ2) is 5.53. The van der Waals surface area contributed by atoms with Crippen molar-refractivity contribution in [1.29, 1.82) is 0 Å². The number of hydrogen-bond donors (Lipinski definition) is 1. The average Bonchev–Trinajstić information content (AvgIpc) is 2.57. The van der Waals surface area contributed by atoms with E-state index in [1.165, 1.54) is 18.4 Å². The molecule has 0 aliphatic heterocycles.